The van der Waals surface area contributed by atoms with Crippen molar-refractivity contribution in [2.24, 2.45) is 0 Å². The van der Waals surface area contributed by atoms with E-state index in [0.29, 0.717) is 0 Å². The zero-order valence-electron chi connectivity index (χ0n) is 3.21. The molecular formula is C3HNO2S. The van der Waals surface area contributed by atoms with Crippen LogP contribution in [0.25, 0.3) is 0 Å². The lowest BCUT2D eigenvalue weighted by Gasteiger charge is -1.74. The van der Waals surface area contributed by atoms with Crippen LogP contribution in [0.2, 0.25) is 0 Å². The maximum Gasteiger partial charge on any atom is 0.357 e. The third kappa shape index (κ3) is 1.84. The van der Waals surface area contributed by atoms with Crippen molar-refractivity contribution in [1.29, 1.82) is 5.26 Å². The van der Waals surface area contributed by atoms with E-state index in [2.05, 4.69) is 12.2 Å². The number of aliphatic carboxylic acids is 1. The van der Waals surface area contributed by atoms with Crippen molar-refractivity contribution >= 4 is 23.1 Å². The lowest BCUT2D eigenvalue weighted by molar-refractivity contribution is -0.128. The second kappa shape index (κ2) is 2.26. The Labute approximate surface area is 45.2 Å². The van der Waals surface area contributed by atoms with E-state index in [-0.39, 0.29) is 0 Å². The van der Waals surface area contributed by atoms with Crippen LogP contribution in [0.5, 0.6) is 0 Å². The van der Waals surface area contributed by atoms with Crippen LogP contribution in [0.3, 0.4) is 0 Å². The zero-order valence-corrected chi connectivity index (χ0v) is 4.03. The van der Waals surface area contributed by atoms with Crippen LogP contribution in [-0.2, 0) is 4.79 Å². The molecule has 0 aromatic carbocycles. The molecule has 0 spiro atoms. The molecule has 0 aromatic heterocycles. The number of hydrogen-bond donors (Lipinski definition) is 1. The van der Waals surface area contributed by atoms with Gasteiger partial charge in [-0.15, -0.1) is 0 Å². The van der Waals surface area contributed by atoms with Crippen molar-refractivity contribution in [2.45, 2.75) is 0 Å². The van der Waals surface area contributed by atoms with Gasteiger partial charge in [0.1, 0.15) is 6.07 Å². The fourth-order valence-electron chi connectivity index (χ4n) is 0.0478. The molecule has 0 saturated carbocycles. The number of carboxylic acid groups (broad SMARTS) is 1. The summed E-state index contributed by atoms with van der Waals surface area (Å²) in [6.07, 6.45) is 0. The van der Waals surface area contributed by atoms with Gasteiger partial charge in [-0.25, -0.2) is 4.79 Å². The first-order valence-electron chi connectivity index (χ1n) is 1.36. The summed E-state index contributed by atoms with van der Waals surface area (Å²) in [6.45, 7) is 0. The van der Waals surface area contributed by atoms with Crippen LogP contribution >= 0.6 is 12.2 Å². The molecule has 0 rings (SSSR count). The second-order valence-corrected chi connectivity index (χ2v) is 1.15. The standard InChI is InChI=1S/C3HNO2S/c4-1-2(7)3(5)6/h(H,5,6). The Morgan fingerprint density at radius 1 is 1.86 bits per heavy atom. The van der Waals surface area contributed by atoms with Gasteiger partial charge in [-0.2, -0.15) is 5.26 Å². The van der Waals surface area contributed by atoms with Crippen molar-refractivity contribution in [1.82, 2.24) is 0 Å². The summed E-state index contributed by atoms with van der Waals surface area (Å²) in [5.41, 5.74) is 0. The largest absolute Gasteiger partial charge is 0.476 e. The first-order valence-corrected chi connectivity index (χ1v) is 1.76. The van der Waals surface area contributed by atoms with Gasteiger partial charge >= 0.3 is 5.97 Å². The van der Waals surface area contributed by atoms with Gasteiger partial charge in [0.05, 0.1) is 0 Å². The van der Waals surface area contributed by atoms with Crippen molar-refractivity contribution in [3.05, 3.63) is 0 Å². The summed E-state index contributed by atoms with van der Waals surface area (Å²) >= 11 is 4.02. The van der Waals surface area contributed by atoms with E-state index < -0.39 is 10.8 Å². The highest BCUT2D eigenvalue weighted by Gasteiger charge is 2.00. The average molecular weight is 115 g/mol. The smallest absolute Gasteiger partial charge is 0.357 e. The molecule has 36 valence electrons. The molecule has 1 N–H and O–H groups in total. The minimum Gasteiger partial charge on any atom is -0.476 e. The van der Waals surface area contributed by atoms with Crippen molar-refractivity contribution in [2.75, 3.05) is 0 Å². The number of carbonyl (C=O) groups is 1. The lowest BCUT2D eigenvalue weighted by atomic mass is 10.5. The number of nitriles is 1. The Morgan fingerprint density at radius 2 is 2.29 bits per heavy atom. The molecule has 0 atom stereocenters. The Morgan fingerprint density at radius 3 is 2.29 bits per heavy atom. The molecule has 0 aliphatic rings. The predicted molar refractivity (Wildman–Crippen MR) is 25.8 cm³/mol. The topological polar surface area (TPSA) is 61.1 Å². The second-order valence-electron chi connectivity index (χ2n) is 0.746. The summed E-state index contributed by atoms with van der Waals surface area (Å²) in [5.74, 6) is -1.34. The minimum atomic E-state index is -1.34. The van der Waals surface area contributed by atoms with E-state index in [4.69, 9.17) is 10.4 Å². The molecule has 4 heteroatoms. The molecule has 0 aliphatic heterocycles. The Bertz CT molecular complexity index is 146. The first kappa shape index (κ1) is 6.05. The van der Waals surface area contributed by atoms with Gasteiger partial charge in [0.2, 0.25) is 0 Å². The number of hydrogen-bond acceptors (Lipinski definition) is 3. The summed E-state index contributed by atoms with van der Waals surface area (Å²) in [7, 11) is 0. The van der Waals surface area contributed by atoms with E-state index in [1.165, 1.54) is 6.07 Å². The molecular weight excluding hydrogens is 114 g/mol. The fraction of sp³-hybridized carbons (Fsp3) is 0. The molecule has 0 aliphatic carbocycles. The third-order valence-electron chi connectivity index (χ3n) is 0.296. The Balaban J connectivity index is 3.90. The molecule has 0 bridgehead atoms. The molecule has 0 aromatic rings. The van der Waals surface area contributed by atoms with E-state index in [1.54, 1.807) is 0 Å². The van der Waals surface area contributed by atoms with Crippen molar-refractivity contribution in [3.63, 3.8) is 0 Å². The monoisotopic (exact) mass is 115 g/mol. The van der Waals surface area contributed by atoms with Crippen LogP contribution in [0.1, 0.15) is 0 Å². The van der Waals surface area contributed by atoms with Crippen LogP contribution in [0, 0.1) is 11.3 Å². The fourth-order valence-corrected chi connectivity index (χ4v) is 0.0478. The lowest BCUT2D eigenvalue weighted by Crippen LogP contribution is -2.05. The number of rotatable bonds is 1. The average Bonchev–Trinajstić information content (AvgIpc) is 1.65. The quantitative estimate of drug-likeness (QED) is 0.487. The van der Waals surface area contributed by atoms with Crippen LogP contribution in [0.15, 0.2) is 0 Å². The van der Waals surface area contributed by atoms with Gasteiger partial charge in [-0.3, -0.25) is 0 Å². The molecule has 0 fully saturated rings. The molecule has 0 saturated heterocycles. The van der Waals surface area contributed by atoms with Crippen LogP contribution in [0.4, 0.5) is 0 Å². The molecule has 0 unspecified atom stereocenters. The molecule has 0 radical (unpaired) electrons. The maximum atomic E-state index is 9.57. The molecule has 0 heterocycles. The molecule has 0 amide bonds. The third-order valence-corrected chi connectivity index (χ3v) is 0.562. The highest BCUT2D eigenvalue weighted by Crippen LogP contribution is 1.70. The van der Waals surface area contributed by atoms with Gasteiger partial charge in [-0.05, 0) is 0 Å². The highest BCUT2D eigenvalue weighted by atomic mass is 32.1. The van der Waals surface area contributed by atoms with Gasteiger partial charge in [0.15, 0.2) is 4.86 Å². The van der Waals surface area contributed by atoms with Crippen LogP contribution in [-0.4, -0.2) is 15.9 Å². The highest BCUT2D eigenvalue weighted by molar-refractivity contribution is 7.82. The number of nitrogens with zero attached hydrogens (tertiary/aromatic N) is 1. The first-order chi connectivity index (χ1) is 3.18. The van der Waals surface area contributed by atoms with E-state index in [0.717, 1.165) is 0 Å². The summed E-state index contributed by atoms with van der Waals surface area (Å²) in [4.78, 5) is 8.97. The van der Waals surface area contributed by atoms with Gasteiger partial charge in [0.25, 0.3) is 0 Å². The predicted octanol–water partition coefficient (Wildman–Crippen LogP) is -0.0355. The van der Waals surface area contributed by atoms with Gasteiger partial charge in [0, 0.05) is 0 Å². The summed E-state index contributed by atoms with van der Waals surface area (Å²) < 4.78 is 0. The Kier molecular flexibility index (Phi) is 1.96. The molecule has 7 heavy (non-hydrogen) atoms. The Hall–Kier alpha value is -0.950. The minimum absolute atomic E-state index is 0.597. The summed E-state index contributed by atoms with van der Waals surface area (Å²) in [5, 5.41) is 15.6. The normalized spacial score (nSPS) is 6.71. The van der Waals surface area contributed by atoms with Gasteiger partial charge in [-0.1, -0.05) is 12.2 Å². The number of carboxylic acids is 1. The summed E-state index contributed by atoms with van der Waals surface area (Å²) in [6, 6.07) is 1.30. The van der Waals surface area contributed by atoms with Gasteiger partial charge < -0.3 is 5.11 Å². The van der Waals surface area contributed by atoms with E-state index in [1.807, 2.05) is 0 Å². The molecule has 3 nitrogen and oxygen atoms in total. The van der Waals surface area contributed by atoms with E-state index >= 15 is 0 Å². The number of thiocarbonyl (C=S) groups is 1. The van der Waals surface area contributed by atoms with E-state index in [9.17, 15) is 4.79 Å². The maximum absolute atomic E-state index is 9.57. The van der Waals surface area contributed by atoms with Crippen LogP contribution < -0.4 is 0 Å². The van der Waals surface area contributed by atoms with Crippen molar-refractivity contribution < 1.29 is 9.90 Å². The van der Waals surface area contributed by atoms with Crippen molar-refractivity contribution in [3.8, 4) is 6.07 Å². The SMILES string of the molecule is N#CC(=S)C(=O)O. The zero-order chi connectivity index (χ0) is 5.86.